The van der Waals surface area contributed by atoms with Gasteiger partial charge in [-0.3, -0.25) is 4.98 Å². The molecule has 0 unspecified atom stereocenters. The summed E-state index contributed by atoms with van der Waals surface area (Å²) in [7, 11) is 0. The molecule has 0 spiro atoms. The molecular formula is C14H7BrCl2N2. The van der Waals surface area contributed by atoms with Crippen molar-refractivity contribution in [1.29, 1.82) is 5.26 Å². The van der Waals surface area contributed by atoms with Gasteiger partial charge >= 0.3 is 0 Å². The largest absolute Gasteiger partial charge is 0.265 e. The van der Waals surface area contributed by atoms with Crippen LogP contribution in [0.25, 0.3) is 10.6 Å². The third-order valence-electron chi connectivity index (χ3n) is 2.42. The molecule has 2 nitrogen and oxygen atoms in total. The number of allylic oxidation sites excluding steroid dienone is 1. The molecule has 0 atom stereocenters. The van der Waals surface area contributed by atoms with E-state index in [-0.39, 0.29) is 0 Å². The number of halogens is 3. The number of nitriles is 1. The van der Waals surface area contributed by atoms with Gasteiger partial charge in [0.15, 0.2) is 0 Å². The molecule has 0 amide bonds. The van der Waals surface area contributed by atoms with Gasteiger partial charge in [0.1, 0.15) is 6.07 Å². The molecule has 2 rings (SSSR count). The molecule has 0 radical (unpaired) electrons. The summed E-state index contributed by atoms with van der Waals surface area (Å²) >= 11 is 15.6. The fourth-order valence-electron chi connectivity index (χ4n) is 1.58. The molecule has 2 aromatic rings. The van der Waals surface area contributed by atoms with Crippen molar-refractivity contribution in [2.45, 2.75) is 0 Å². The van der Waals surface area contributed by atoms with E-state index in [1.54, 1.807) is 36.7 Å². The van der Waals surface area contributed by atoms with Crippen LogP contribution in [0.3, 0.4) is 0 Å². The predicted octanol–water partition coefficient (Wildman–Crippen LogP) is 5.13. The van der Waals surface area contributed by atoms with Crippen LogP contribution in [0.4, 0.5) is 0 Å². The van der Waals surface area contributed by atoms with E-state index in [9.17, 15) is 5.26 Å². The van der Waals surface area contributed by atoms with Crippen molar-refractivity contribution >= 4 is 49.7 Å². The van der Waals surface area contributed by atoms with Gasteiger partial charge in [-0.15, -0.1) is 0 Å². The highest BCUT2D eigenvalue weighted by Crippen LogP contribution is 2.32. The highest BCUT2D eigenvalue weighted by molar-refractivity contribution is 9.10. The number of pyridine rings is 1. The summed E-state index contributed by atoms with van der Waals surface area (Å²) in [5.74, 6) is 0. The first-order chi connectivity index (χ1) is 9.11. The zero-order valence-electron chi connectivity index (χ0n) is 9.57. The smallest absolute Gasteiger partial charge is 0.101 e. The van der Waals surface area contributed by atoms with Crippen LogP contribution in [0.2, 0.25) is 5.02 Å². The Bertz CT molecular complexity index is 655. The molecule has 1 heterocycles. The molecule has 0 N–H and O–H groups in total. The second-order valence-corrected chi connectivity index (χ2v) is 5.42. The maximum absolute atomic E-state index is 9.29. The molecule has 0 aliphatic rings. The normalized spacial score (nSPS) is 11.7. The second-order valence-electron chi connectivity index (χ2n) is 3.69. The fourth-order valence-corrected chi connectivity index (χ4v) is 2.70. The third kappa shape index (κ3) is 3.36. The average Bonchev–Trinajstić information content (AvgIpc) is 2.39. The Morgan fingerprint density at radius 3 is 2.42 bits per heavy atom. The minimum Gasteiger partial charge on any atom is -0.265 e. The summed E-state index contributed by atoms with van der Waals surface area (Å²) in [4.78, 5) is 3.92. The van der Waals surface area contributed by atoms with Gasteiger partial charge in [0.25, 0.3) is 0 Å². The van der Waals surface area contributed by atoms with Crippen LogP contribution in [0.1, 0.15) is 11.1 Å². The summed E-state index contributed by atoms with van der Waals surface area (Å²) in [6.07, 6.45) is 3.23. The summed E-state index contributed by atoms with van der Waals surface area (Å²) in [5.41, 5.74) is 1.80. The SMILES string of the molecule is N#C/C(=C(/Cl)c1cc(Cl)cc(Br)c1)c1ccncc1. The van der Waals surface area contributed by atoms with E-state index in [0.717, 1.165) is 10.0 Å². The molecule has 19 heavy (non-hydrogen) atoms. The van der Waals surface area contributed by atoms with Crippen LogP contribution in [-0.4, -0.2) is 4.98 Å². The standard InChI is InChI=1S/C14H7BrCl2N2/c15-11-5-10(6-12(16)7-11)14(17)13(8-18)9-1-3-19-4-2-9/h1-7H/b14-13-. The van der Waals surface area contributed by atoms with Crippen molar-refractivity contribution in [3.8, 4) is 6.07 Å². The number of rotatable bonds is 2. The topological polar surface area (TPSA) is 36.7 Å². The van der Waals surface area contributed by atoms with Crippen molar-refractivity contribution in [2.75, 3.05) is 0 Å². The summed E-state index contributed by atoms with van der Waals surface area (Å²) in [6, 6.07) is 10.9. The summed E-state index contributed by atoms with van der Waals surface area (Å²) in [5, 5.41) is 10.2. The monoisotopic (exact) mass is 352 g/mol. The molecule has 0 saturated heterocycles. The van der Waals surface area contributed by atoms with Crippen LogP contribution in [0.5, 0.6) is 0 Å². The molecule has 0 aliphatic heterocycles. The molecule has 94 valence electrons. The maximum Gasteiger partial charge on any atom is 0.101 e. The summed E-state index contributed by atoms with van der Waals surface area (Å²) in [6.45, 7) is 0. The van der Waals surface area contributed by atoms with Gasteiger partial charge in [-0.2, -0.15) is 5.26 Å². The lowest BCUT2D eigenvalue weighted by Crippen LogP contribution is -1.87. The zero-order valence-corrected chi connectivity index (χ0v) is 12.7. The molecular weight excluding hydrogens is 347 g/mol. The van der Waals surface area contributed by atoms with E-state index in [0.29, 0.717) is 21.2 Å². The van der Waals surface area contributed by atoms with Gasteiger partial charge in [0, 0.05) is 21.9 Å². The van der Waals surface area contributed by atoms with E-state index in [1.165, 1.54) is 0 Å². The Kier molecular flexibility index (Phi) is 4.60. The van der Waals surface area contributed by atoms with Gasteiger partial charge < -0.3 is 0 Å². The van der Waals surface area contributed by atoms with E-state index in [4.69, 9.17) is 23.2 Å². The van der Waals surface area contributed by atoms with Gasteiger partial charge in [-0.05, 0) is 41.5 Å². The number of benzene rings is 1. The first-order valence-electron chi connectivity index (χ1n) is 5.28. The minimum atomic E-state index is 0.358. The highest BCUT2D eigenvalue weighted by atomic mass is 79.9. The lowest BCUT2D eigenvalue weighted by atomic mass is 10.0. The molecule has 0 saturated carbocycles. The van der Waals surface area contributed by atoms with Crippen LogP contribution >= 0.6 is 39.1 Å². The Balaban J connectivity index is 2.59. The van der Waals surface area contributed by atoms with Crippen molar-refractivity contribution < 1.29 is 0 Å². The van der Waals surface area contributed by atoms with E-state index >= 15 is 0 Å². The van der Waals surface area contributed by atoms with Crippen molar-refractivity contribution in [1.82, 2.24) is 4.98 Å². The number of hydrogen-bond acceptors (Lipinski definition) is 2. The van der Waals surface area contributed by atoms with Crippen LogP contribution in [0.15, 0.2) is 47.2 Å². The molecule has 0 aliphatic carbocycles. The molecule has 5 heteroatoms. The number of hydrogen-bond donors (Lipinski definition) is 0. The average molecular weight is 354 g/mol. The summed E-state index contributed by atoms with van der Waals surface area (Å²) < 4.78 is 0.806. The van der Waals surface area contributed by atoms with Crippen molar-refractivity contribution in [2.24, 2.45) is 0 Å². The van der Waals surface area contributed by atoms with Crippen molar-refractivity contribution in [3.05, 3.63) is 63.3 Å². The lowest BCUT2D eigenvalue weighted by molar-refractivity contribution is 1.32. The first-order valence-corrected chi connectivity index (χ1v) is 6.83. The first kappa shape index (κ1) is 14.1. The quantitative estimate of drug-likeness (QED) is 0.702. The molecule has 0 fully saturated rings. The Hall–Kier alpha value is -1.34. The third-order valence-corrected chi connectivity index (χ3v) is 3.50. The second kappa shape index (κ2) is 6.21. The highest BCUT2D eigenvalue weighted by Gasteiger charge is 2.10. The zero-order chi connectivity index (χ0) is 13.8. The Morgan fingerprint density at radius 1 is 1.16 bits per heavy atom. The number of aromatic nitrogens is 1. The van der Waals surface area contributed by atoms with E-state index < -0.39 is 0 Å². The molecule has 1 aromatic heterocycles. The Morgan fingerprint density at radius 2 is 1.84 bits per heavy atom. The van der Waals surface area contributed by atoms with Crippen molar-refractivity contribution in [3.63, 3.8) is 0 Å². The van der Waals surface area contributed by atoms with Gasteiger partial charge in [-0.1, -0.05) is 39.1 Å². The Labute approximate surface area is 129 Å². The maximum atomic E-state index is 9.29. The number of nitrogens with zero attached hydrogens (tertiary/aromatic N) is 2. The molecule has 0 bridgehead atoms. The minimum absolute atomic E-state index is 0.358. The van der Waals surface area contributed by atoms with Crippen LogP contribution in [0, 0.1) is 11.3 Å². The van der Waals surface area contributed by atoms with Gasteiger partial charge in [0.05, 0.1) is 10.6 Å². The van der Waals surface area contributed by atoms with E-state index in [1.807, 2.05) is 6.07 Å². The molecule has 1 aromatic carbocycles. The van der Waals surface area contributed by atoms with Crippen LogP contribution in [-0.2, 0) is 0 Å². The van der Waals surface area contributed by atoms with Gasteiger partial charge in [-0.25, -0.2) is 0 Å². The lowest BCUT2D eigenvalue weighted by Gasteiger charge is -2.05. The predicted molar refractivity (Wildman–Crippen MR) is 81.7 cm³/mol. The fraction of sp³-hybridized carbons (Fsp3) is 0. The van der Waals surface area contributed by atoms with Crippen LogP contribution < -0.4 is 0 Å². The van der Waals surface area contributed by atoms with E-state index in [2.05, 4.69) is 27.0 Å². The van der Waals surface area contributed by atoms with Gasteiger partial charge in [0.2, 0.25) is 0 Å².